The van der Waals surface area contributed by atoms with Crippen LogP contribution >= 0.6 is 0 Å². The molecule has 0 fully saturated rings. The third-order valence-corrected chi connectivity index (χ3v) is 5.28. The van der Waals surface area contributed by atoms with Crippen molar-refractivity contribution >= 4 is 15.9 Å². The van der Waals surface area contributed by atoms with Gasteiger partial charge in [0, 0.05) is 30.4 Å². The number of hydrogen-bond acceptors (Lipinski definition) is 4. The van der Waals surface area contributed by atoms with Crippen molar-refractivity contribution in [2.45, 2.75) is 46.7 Å². The number of hydrogen-bond donors (Lipinski definition) is 2. The molecule has 0 saturated carbocycles. The van der Waals surface area contributed by atoms with Crippen LogP contribution in [0.2, 0.25) is 0 Å². The molecule has 10 heteroatoms. The number of benzene rings is 1. The smallest absolute Gasteiger partial charge is 0.254 e. The van der Waals surface area contributed by atoms with Gasteiger partial charge < -0.3 is 5.32 Å². The van der Waals surface area contributed by atoms with E-state index < -0.39 is 33.6 Å². The predicted octanol–water partition coefficient (Wildman–Crippen LogP) is 3.63. The molecule has 0 bridgehead atoms. The molecule has 2 aromatic rings. The molecule has 2 rings (SSSR count). The van der Waals surface area contributed by atoms with E-state index in [9.17, 15) is 22.0 Å². The first-order valence-electron chi connectivity index (χ1n) is 9.69. The van der Waals surface area contributed by atoms with Crippen LogP contribution in [0.15, 0.2) is 24.5 Å². The molecule has 1 amide bonds. The van der Waals surface area contributed by atoms with Crippen LogP contribution in [0.3, 0.4) is 0 Å². The molecule has 0 aliphatic carbocycles. The van der Waals surface area contributed by atoms with Gasteiger partial charge >= 0.3 is 0 Å². The summed E-state index contributed by atoms with van der Waals surface area (Å²) in [6, 6.07) is 1.16. The predicted molar refractivity (Wildman–Crippen MR) is 118 cm³/mol. The molecule has 1 aromatic heterocycles. The van der Waals surface area contributed by atoms with Gasteiger partial charge in [0.25, 0.3) is 5.91 Å². The first-order valence-corrected chi connectivity index (χ1v) is 11.5. The van der Waals surface area contributed by atoms with E-state index in [0.717, 1.165) is 22.7 Å². The Morgan fingerprint density at radius 1 is 1.26 bits per heavy atom. The molecule has 0 aliphatic heterocycles. The summed E-state index contributed by atoms with van der Waals surface area (Å²) >= 11 is 0. The summed E-state index contributed by atoms with van der Waals surface area (Å²) in [6.07, 6.45) is 12.3. The van der Waals surface area contributed by atoms with E-state index >= 15 is 0 Å². The third-order valence-electron chi connectivity index (χ3n) is 4.03. The molecule has 0 aliphatic rings. The highest BCUT2D eigenvalue weighted by Gasteiger charge is 2.22. The Morgan fingerprint density at radius 2 is 1.87 bits per heavy atom. The maximum absolute atomic E-state index is 14.5. The summed E-state index contributed by atoms with van der Waals surface area (Å²) in [4.78, 5) is 12.0. The van der Waals surface area contributed by atoms with E-state index in [0.29, 0.717) is 6.42 Å². The van der Waals surface area contributed by atoms with Gasteiger partial charge in [-0.3, -0.25) is 9.89 Å². The van der Waals surface area contributed by atoms with Crippen molar-refractivity contribution in [2.24, 2.45) is 0 Å². The number of aromatic amines is 1. The summed E-state index contributed by atoms with van der Waals surface area (Å²) < 4.78 is 53.6. The zero-order valence-corrected chi connectivity index (χ0v) is 19.3. The van der Waals surface area contributed by atoms with Gasteiger partial charge in [0.1, 0.15) is 11.6 Å². The zero-order valence-electron chi connectivity index (χ0n) is 18.4. The van der Waals surface area contributed by atoms with E-state index in [2.05, 4.69) is 28.4 Å². The average molecular weight is 457 g/mol. The van der Waals surface area contributed by atoms with Crippen molar-refractivity contribution in [1.82, 2.24) is 19.8 Å². The Bertz CT molecular complexity index is 945. The second-order valence-corrected chi connectivity index (χ2v) is 8.23. The van der Waals surface area contributed by atoms with Gasteiger partial charge in [0.15, 0.2) is 0 Å². The largest absolute Gasteiger partial charge is 0.345 e. The lowest BCUT2D eigenvalue weighted by atomic mass is 10.0. The molecule has 0 saturated heterocycles. The molecule has 31 heavy (non-hydrogen) atoms. The van der Waals surface area contributed by atoms with Crippen molar-refractivity contribution in [3.8, 4) is 12.8 Å². The third kappa shape index (κ3) is 8.47. The van der Waals surface area contributed by atoms with Crippen LogP contribution in [0.25, 0.3) is 0 Å². The van der Waals surface area contributed by atoms with Crippen LogP contribution in [-0.4, -0.2) is 41.6 Å². The second kappa shape index (κ2) is 13.5. The van der Waals surface area contributed by atoms with Gasteiger partial charge in [0.05, 0.1) is 24.1 Å². The number of aromatic nitrogens is 2. The highest BCUT2D eigenvalue weighted by molar-refractivity contribution is 7.88. The summed E-state index contributed by atoms with van der Waals surface area (Å²) in [5.74, 6) is -1.94. The zero-order chi connectivity index (χ0) is 24.2. The van der Waals surface area contributed by atoms with Gasteiger partial charge in [-0.2, -0.15) is 9.40 Å². The van der Waals surface area contributed by atoms with Crippen LogP contribution in [0.1, 0.15) is 61.6 Å². The highest BCUT2D eigenvalue weighted by Crippen LogP contribution is 2.23. The van der Waals surface area contributed by atoms with E-state index in [1.165, 1.54) is 19.3 Å². The topological polar surface area (TPSA) is 95.2 Å². The molecular weight excluding hydrogens is 426 g/mol. The summed E-state index contributed by atoms with van der Waals surface area (Å²) in [5, 5.41) is 8.71. The van der Waals surface area contributed by atoms with Gasteiger partial charge in [0.2, 0.25) is 10.0 Å². The van der Waals surface area contributed by atoms with Gasteiger partial charge in [-0.1, -0.05) is 20.8 Å². The van der Waals surface area contributed by atoms with Crippen molar-refractivity contribution in [3.05, 3.63) is 52.9 Å². The fourth-order valence-corrected chi connectivity index (χ4v) is 3.48. The lowest BCUT2D eigenvalue weighted by Crippen LogP contribution is -2.31. The van der Waals surface area contributed by atoms with Crippen LogP contribution in [0, 0.1) is 24.5 Å². The Balaban J connectivity index is 0.00000212. The highest BCUT2D eigenvalue weighted by atomic mass is 32.2. The minimum atomic E-state index is -3.54. The lowest BCUT2D eigenvalue weighted by Gasteiger charge is -2.21. The molecule has 0 radical (unpaired) electrons. The molecule has 1 unspecified atom stereocenters. The molecule has 2 N–H and O–H groups in total. The number of nitrogens with zero attached hydrogens (tertiary/aromatic N) is 2. The van der Waals surface area contributed by atoms with Gasteiger partial charge in [-0.15, -0.1) is 12.8 Å². The van der Waals surface area contributed by atoms with Crippen molar-refractivity contribution in [2.75, 3.05) is 12.8 Å². The first kappa shape index (κ1) is 28.2. The number of carbonyl (C=O) groups excluding carboxylic acids is 1. The minimum Gasteiger partial charge on any atom is -0.345 e. The Hall–Kier alpha value is -2.77. The Morgan fingerprint density at radius 3 is 2.35 bits per heavy atom. The second-order valence-electron chi connectivity index (χ2n) is 6.24. The quantitative estimate of drug-likeness (QED) is 0.593. The number of terminal acetylenes is 1. The monoisotopic (exact) mass is 456 g/mol. The number of nitrogens with one attached hydrogen (secondary N) is 2. The average Bonchev–Trinajstić information content (AvgIpc) is 3.27. The maximum Gasteiger partial charge on any atom is 0.254 e. The number of amides is 1. The lowest BCUT2D eigenvalue weighted by molar-refractivity contribution is 0.0939. The van der Waals surface area contributed by atoms with Crippen molar-refractivity contribution in [1.29, 1.82) is 0 Å². The number of halogens is 2. The SMILES string of the molecule is C#C.CC.CCCN(Cc1cc(F)c(C(C)NC(=O)c2cn[nH]c2)cc1F)S(C)(=O)=O. The number of H-pyrrole nitrogens is 1. The number of carbonyl (C=O) groups is 1. The first-order chi connectivity index (χ1) is 14.6. The fourth-order valence-electron chi connectivity index (χ4n) is 2.59. The molecule has 7 nitrogen and oxygen atoms in total. The van der Waals surface area contributed by atoms with Crippen molar-refractivity contribution in [3.63, 3.8) is 0 Å². The summed E-state index contributed by atoms with van der Waals surface area (Å²) in [6.45, 7) is 7.27. The van der Waals surface area contributed by atoms with Crippen LogP contribution in [-0.2, 0) is 16.6 Å². The normalized spacial score (nSPS) is 11.5. The standard InChI is InChI=1S/C17H22F2N4O3S.C2H6.C2H2/c1-4-5-23(27(3,25)26)10-12-6-16(19)14(7-15(12)18)11(2)22-17(24)13-8-20-21-9-13;2*1-2/h6-9,11H,4-5,10H2,1-3H3,(H,20,21)(H,22,24);1-2H3;1-2H. The van der Waals surface area contributed by atoms with Crippen LogP contribution in [0.5, 0.6) is 0 Å². The number of rotatable bonds is 8. The summed E-state index contributed by atoms with van der Waals surface area (Å²) in [5.41, 5.74) is 0.167. The molecule has 1 aromatic carbocycles. The minimum absolute atomic E-state index is 0.0329. The van der Waals surface area contributed by atoms with E-state index in [-0.39, 0.29) is 29.8 Å². The van der Waals surface area contributed by atoms with Crippen LogP contribution in [0.4, 0.5) is 8.78 Å². The van der Waals surface area contributed by atoms with E-state index in [1.807, 2.05) is 13.8 Å². The van der Waals surface area contributed by atoms with Crippen LogP contribution < -0.4 is 5.32 Å². The van der Waals surface area contributed by atoms with E-state index in [4.69, 9.17) is 0 Å². The molecule has 172 valence electrons. The van der Waals surface area contributed by atoms with Gasteiger partial charge in [-0.05, 0) is 25.5 Å². The molecule has 0 spiro atoms. The fraction of sp³-hybridized carbons (Fsp3) is 0.429. The maximum atomic E-state index is 14.5. The summed E-state index contributed by atoms with van der Waals surface area (Å²) in [7, 11) is -3.54. The Kier molecular flexibility index (Phi) is 12.3. The van der Waals surface area contributed by atoms with Crippen molar-refractivity contribution < 1.29 is 22.0 Å². The molecule has 1 heterocycles. The molecular formula is C21H30F2N4O3S. The molecule has 1 atom stereocenters. The van der Waals surface area contributed by atoms with Gasteiger partial charge in [-0.25, -0.2) is 17.2 Å². The Labute approximate surface area is 183 Å². The number of sulfonamides is 1. The van der Waals surface area contributed by atoms with E-state index in [1.54, 1.807) is 6.92 Å².